The van der Waals surface area contributed by atoms with Gasteiger partial charge in [-0.25, -0.2) is 4.98 Å². The van der Waals surface area contributed by atoms with E-state index >= 15 is 0 Å². The standard InChI is InChI=1S/C12H14N4O2S/c1-8-7-19-11(15-8)4-14-10(17)6-16-5-9(13)2-3-12(16)18/h2-3,5,7H,4,6,13H2,1H3,(H,14,17). The fourth-order valence-corrected chi connectivity index (χ4v) is 2.25. The van der Waals surface area contributed by atoms with E-state index < -0.39 is 0 Å². The number of carbonyl (C=O) groups is 1. The number of amides is 1. The van der Waals surface area contributed by atoms with Crippen molar-refractivity contribution in [3.05, 3.63) is 44.8 Å². The van der Waals surface area contributed by atoms with E-state index in [2.05, 4.69) is 10.3 Å². The number of carbonyl (C=O) groups excluding carboxylic acids is 1. The van der Waals surface area contributed by atoms with Crippen LogP contribution in [0.15, 0.2) is 28.5 Å². The first-order chi connectivity index (χ1) is 9.04. The second kappa shape index (κ2) is 5.66. The zero-order valence-corrected chi connectivity index (χ0v) is 11.2. The Bertz CT molecular complexity index is 647. The maximum Gasteiger partial charge on any atom is 0.251 e. The Hall–Kier alpha value is -2.15. The third-order valence-corrected chi connectivity index (χ3v) is 3.39. The summed E-state index contributed by atoms with van der Waals surface area (Å²) in [6.45, 7) is 2.22. The van der Waals surface area contributed by atoms with Crippen molar-refractivity contribution in [2.75, 3.05) is 5.73 Å². The molecule has 7 heteroatoms. The lowest BCUT2D eigenvalue weighted by molar-refractivity contribution is -0.121. The molecule has 2 heterocycles. The fraction of sp³-hybridized carbons (Fsp3) is 0.250. The molecular weight excluding hydrogens is 264 g/mol. The van der Waals surface area contributed by atoms with E-state index in [0.29, 0.717) is 12.2 Å². The fourth-order valence-electron chi connectivity index (χ4n) is 1.54. The highest BCUT2D eigenvalue weighted by Gasteiger charge is 2.06. The first-order valence-corrected chi connectivity index (χ1v) is 6.56. The zero-order valence-electron chi connectivity index (χ0n) is 10.4. The molecule has 0 aliphatic heterocycles. The number of aryl methyl sites for hydroxylation is 1. The molecule has 0 saturated heterocycles. The highest BCUT2D eigenvalue weighted by Crippen LogP contribution is 2.07. The average Bonchev–Trinajstić information content (AvgIpc) is 2.77. The molecule has 100 valence electrons. The first kappa shape index (κ1) is 13.3. The number of pyridine rings is 1. The van der Waals surface area contributed by atoms with E-state index in [-0.39, 0.29) is 18.0 Å². The molecule has 6 nitrogen and oxygen atoms in total. The summed E-state index contributed by atoms with van der Waals surface area (Å²) in [5, 5.41) is 5.48. The van der Waals surface area contributed by atoms with Crippen LogP contribution in [0.25, 0.3) is 0 Å². The summed E-state index contributed by atoms with van der Waals surface area (Å²) >= 11 is 1.49. The van der Waals surface area contributed by atoms with Crippen LogP contribution >= 0.6 is 11.3 Å². The van der Waals surface area contributed by atoms with Crippen LogP contribution < -0.4 is 16.6 Å². The summed E-state index contributed by atoms with van der Waals surface area (Å²) < 4.78 is 1.28. The second-order valence-corrected chi connectivity index (χ2v) is 5.03. The van der Waals surface area contributed by atoms with Gasteiger partial charge < -0.3 is 15.6 Å². The molecule has 19 heavy (non-hydrogen) atoms. The monoisotopic (exact) mass is 278 g/mol. The summed E-state index contributed by atoms with van der Waals surface area (Å²) in [5.41, 5.74) is 6.70. The van der Waals surface area contributed by atoms with Crippen LogP contribution in [0.5, 0.6) is 0 Å². The van der Waals surface area contributed by atoms with Crippen molar-refractivity contribution in [2.45, 2.75) is 20.0 Å². The van der Waals surface area contributed by atoms with Crippen LogP contribution in [0.1, 0.15) is 10.7 Å². The molecule has 0 saturated carbocycles. The predicted octanol–water partition coefficient (Wildman–Crippen LogP) is 0.512. The predicted molar refractivity (Wildman–Crippen MR) is 73.8 cm³/mol. The molecule has 2 aromatic rings. The largest absolute Gasteiger partial charge is 0.398 e. The van der Waals surface area contributed by atoms with E-state index in [9.17, 15) is 9.59 Å². The summed E-state index contributed by atoms with van der Waals surface area (Å²) in [7, 11) is 0. The molecule has 2 rings (SSSR count). The van der Waals surface area contributed by atoms with E-state index in [4.69, 9.17) is 5.73 Å². The smallest absolute Gasteiger partial charge is 0.251 e. The Morgan fingerprint density at radius 2 is 2.32 bits per heavy atom. The number of rotatable bonds is 4. The van der Waals surface area contributed by atoms with Gasteiger partial charge in [-0.3, -0.25) is 9.59 Å². The lowest BCUT2D eigenvalue weighted by atomic mass is 10.4. The first-order valence-electron chi connectivity index (χ1n) is 5.68. The van der Waals surface area contributed by atoms with Crippen molar-refractivity contribution >= 4 is 22.9 Å². The average molecular weight is 278 g/mol. The molecule has 0 aliphatic rings. The Morgan fingerprint density at radius 3 is 3.00 bits per heavy atom. The lowest BCUT2D eigenvalue weighted by Crippen LogP contribution is -2.31. The van der Waals surface area contributed by atoms with Crippen LogP contribution in [0.3, 0.4) is 0 Å². The van der Waals surface area contributed by atoms with E-state index in [1.807, 2.05) is 12.3 Å². The Morgan fingerprint density at radius 1 is 1.53 bits per heavy atom. The van der Waals surface area contributed by atoms with E-state index in [1.54, 1.807) is 0 Å². The molecular formula is C12H14N4O2S. The molecule has 0 radical (unpaired) electrons. The van der Waals surface area contributed by atoms with Crippen LogP contribution in [-0.4, -0.2) is 15.5 Å². The minimum Gasteiger partial charge on any atom is -0.398 e. The number of nitrogens with two attached hydrogens (primary N) is 1. The summed E-state index contributed by atoms with van der Waals surface area (Å²) in [4.78, 5) is 27.5. The van der Waals surface area contributed by atoms with E-state index in [1.165, 1.54) is 34.2 Å². The molecule has 0 spiro atoms. The quantitative estimate of drug-likeness (QED) is 0.852. The SMILES string of the molecule is Cc1csc(CNC(=O)Cn2cc(N)ccc2=O)n1. The third kappa shape index (κ3) is 3.65. The van der Waals surface area contributed by atoms with Crippen molar-refractivity contribution in [1.82, 2.24) is 14.9 Å². The third-order valence-electron chi connectivity index (χ3n) is 2.42. The van der Waals surface area contributed by atoms with Gasteiger partial charge in [-0.1, -0.05) is 0 Å². The number of aromatic nitrogens is 2. The maximum atomic E-state index is 11.7. The van der Waals surface area contributed by atoms with Gasteiger partial charge in [0.2, 0.25) is 5.91 Å². The summed E-state index contributed by atoms with van der Waals surface area (Å²) in [5.74, 6) is -0.249. The number of nitrogen functional groups attached to an aromatic ring is 1. The van der Waals surface area contributed by atoms with Crippen molar-refractivity contribution < 1.29 is 4.79 Å². The Kier molecular flexibility index (Phi) is 3.96. The minimum atomic E-state index is -0.255. The molecule has 0 atom stereocenters. The highest BCUT2D eigenvalue weighted by molar-refractivity contribution is 7.09. The topological polar surface area (TPSA) is 90.0 Å². The molecule has 3 N–H and O–H groups in total. The number of anilines is 1. The Labute approximate surface area is 113 Å². The molecule has 0 fully saturated rings. The van der Waals surface area contributed by atoms with Gasteiger partial charge in [-0.05, 0) is 13.0 Å². The van der Waals surface area contributed by atoms with Gasteiger partial charge in [-0.2, -0.15) is 0 Å². The van der Waals surface area contributed by atoms with Gasteiger partial charge in [0.25, 0.3) is 5.56 Å². The maximum absolute atomic E-state index is 11.7. The molecule has 0 bridgehead atoms. The lowest BCUT2D eigenvalue weighted by Gasteiger charge is -2.06. The van der Waals surface area contributed by atoms with Gasteiger partial charge in [0, 0.05) is 29.0 Å². The minimum absolute atomic E-state index is 0.0474. The number of thiazole rings is 1. The van der Waals surface area contributed by atoms with E-state index in [0.717, 1.165) is 10.7 Å². The molecule has 0 unspecified atom stereocenters. The van der Waals surface area contributed by atoms with Crippen molar-refractivity contribution in [3.63, 3.8) is 0 Å². The molecule has 2 aromatic heterocycles. The number of nitrogens with zero attached hydrogens (tertiary/aromatic N) is 2. The molecule has 0 aliphatic carbocycles. The van der Waals surface area contributed by atoms with Gasteiger partial charge in [0.1, 0.15) is 11.6 Å². The van der Waals surface area contributed by atoms with Crippen molar-refractivity contribution in [1.29, 1.82) is 0 Å². The number of hydrogen-bond donors (Lipinski definition) is 2. The van der Waals surface area contributed by atoms with Crippen LogP contribution in [0.2, 0.25) is 0 Å². The van der Waals surface area contributed by atoms with Crippen LogP contribution in [-0.2, 0) is 17.9 Å². The van der Waals surface area contributed by atoms with Gasteiger partial charge >= 0.3 is 0 Å². The van der Waals surface area contributed by atoms with Crippen molar-refractivity contribution in [3.8, 4) is 0 Å². The van der Waals surface area contributed by atoms with Crippen molar-refractivity contribution in [2.24, 2.45) is 0 Å². The second-order valence-electron chi connectivity index (χ2n) is 4.09. The van der Waals surface area contributed by atoms with Crippen LogP contribution in [0, 0.1) is 6.92 Å². The highest BCUT2D eigenvalue weighted by atomic mass is 32.1. The number of nitrogens with one attached hydrogen (secondary N) is 1. The van der Waals surface area contributed by atoms with Crippen LogP contribution in [0.4, 0.5) is 5.69 Å². The summed E-state index contributed by atoms with van der Waals surface area (Å²) in [6.07, 6.45) is 1.45. The Balaban J connectivity index is 1.94. The zero-order chi connectivity index (χ0) is 13.8. The van der Waals surface area contributed by atoms with Gasteiger partial charge in [0.15, 0.2) is 0 Å². The van der Waals surface area contributed by atoms with Gasteiger partial charge in [0.05, 0.1) is 6.54 Å². The molecule has 0 aromatic carbocycles. The number of hydrogen-bond acceptors (Lipinski definition) is 5. The molecule has 1 amide bonds. The van der Waals surface area contributed by atoms with Gasteiger partial charge in [-0.15, -0.1) is 11.3 Å². The normalized spacial score (nSPS) is 10.4. The summed E-state index contributed by atoms with van der Waals surface area (Å²) in [6, 6.07) is 2.85.